The quantitative estimate of drug-likeness (QED) is 0.323. The van der Waals surface area contributed by atoms with Crippen LogP contribution < -0.4 is 0 Å². The standard InChI is InChI=1S/C6H8ClNO2/c1-4(7)8-5(9)2-3-6(8)10/h4H,2-3H2,1H3/t4-/m0/s1. The molecule has 0 radical (unpaired) electrons. The lowest BCUT2D eigenvalue weighted by atomic mass is 10.4. The average molecular weight is 162 g/mol. The van der Waals surface area contributed by atoms with Crippen LogP contribution in [0.15, 0.2) is 0 Å². The number of alkyl halides is 1. The highest BCUT2D eigenvalue weighted by Crippen LogP contribution is 2.16. The average Bonchev–Trinajstić information content (AvgIpc) is 2.11. The monoisotopic (exact) mass is 161 g/mol. The Labute approximate surface area is 63.9 Å². The molecule has 1 heterocycles. The molecule has 56 valence electrons. The lowest BCUT2D eigenvalue weighted by Crippen LogP contribution is -2.33. The fourth-order valence-corrected chi connectivity index (χ4v) is 1.21. The van der Waals surface area contributed by atoms with Crippen LogP contribution in [0.3, 0.4) is 0 Å². The van der Waals surface area contributed by atoms with Crippen molar-refractivity contribution >= 4 is 23.4 Å². The number of amides is 2. The fraction of sp³-hybridized carbons (Fsp3) is 0.667. The first-order valence-electron chi connectivity index (χ1n) is 3.12. The van der Waals surface area contributed by atoms with Crippen LogP contribution in [0.1, 0.15) is 19.8 Å². The zero-order chi connectivity index (χ0) is 7.72. The fourth-order valence-electron chi connectivity index (χ4n) is 0.991. The largest absolute Gasteiger partial charge is 0.274 e. The number of hydrogen-bond acceptors (Lipinski definition) is 2. The molecule has 1 saturated heterocycles. The molecule has 1 aliphatic heterocycles. The van der Waals surface area contributed by atoms with Gasteiger partial charge in [0.1, 0.15) is 5.50 Å². The first-order chi connectivity index (χ1) is 4.63. The van der Waals surface area contributed by atoms with Gasteiger partial charge in [-0.3, -0.25) is 14.5 Å². The zero-order valence-electron chi connectivity index (χ0n) is 5.63. The van der Waals surface area contributed by atoms with Crippen molar-refractivity contribution in [3.05, 3.63) is 0 Å². The van der Waals surface area contributed by atoms with Crippen molar-refractivity contribution in [3.63, 3.8) is 0 Å². The van der Waals surface area contributed by atoms with Gasteiger partial charge in [-0.15, -0.1) is 0 Å². The SMILES string of the molecule is C[C@@H](Cl)N1C(=O)CCC1=O. The zero-order valence-corrected chi connectivity index (χ0v) is 6.39. The summed E-state index contributed by atoms with van der Waals surface area (Å²) in [7, 11) is 0. The molecule has 2 amide bonds. The molecule has 0 aliphatic carbocycles. The third kappa shape index (κ3) is 1.14. The Bertz CT molecular complexity index is 163. The number of rotatable bonds is 1. The van der Waals surface area contributed by atoms with E-state index >= 15 is 0 Å². The van der Waals surface area contributed by atoms with E-state index in [-0.39, 0.29) is 11.8 Å². The van der Waals surface area contributed by atoms with Crippen LogP contribution in [0.2, 0.25) is 0 Å². The van der Waals surface area contributed by atoms with Gasteiger partial charge in [0.15, 0.2) is 0 Å². The van der Waals surface area contributed by atoms with E-state index in [2.05, 4.69) is 0 Å². The molecule has 0 spiro atoms. The van der Waals surface area contributed by atoms with Gasteiger partial charge in [-0.2, -0.15) is 0 Å². The summed E-state index contributed by atoms with van der Waals surface area (Å²) in [6.45, 7) is 1.61. The van der Waals surface area contributed by atoms with E-state index in [9.17, 15) is 9.59 Å². The van der Waals surface area contributed by atoms with Gasteiger partial charge in [0.25, 0.3) is 0 Å². The van der Waals surface area contributed by atoms with Gasteiger partial charge < -0.3 is 0 Å². The van der Waals surface area contributed by atoms with E-state index in [4.69, 9.17) is 11.6 Å². The number of halogens is 1. The van der Waals surface area contributed by atoms with Crippen molar-refractivity contribution in [1.29, 1.82) is 0 Å². The topological polar surface area (TPSA) is 37.4 Å². The number of carbonyl (C=O) groups excluding carboxylic acids is 2. The Kier molecular flexibility index (Phi) is 1.94. The number of likely N-dealkylation sites (tertiary alicyclic amines) is 1. The van der Waals surface area contributed by atoms with Gasteiger partial charge in [-0.1, -0.05) is 11.6 Å². The molecule has 0 unspecified atom stereocenters. The molecule has 0 aromatic carbocycles. The van der Waals surface area contributed by atoms with Crippen LogP contribution in [-0.4, -0.2) is 22.2 Å². The van der Waals surface area contributed by atoms with E-state index in [1.54, 1.807) is 6.92 Å². The summed E-state index contributed by atoms with van der Waals surface area (Å²) in [5.41, 5.74) is -0.498. The van der Waals surface area contributed by atoms with Crippen LogP contribution >= 0.6 is 11.6 Å². The van der Waals surface area contributed by atoms with E-state index < -0.39 is 5.50 Å². The molecular formula is C6H8ClNO2. The number of nitrogens with zero attached hydrogens (tertiary/aromatic N) is 1. The van der Waals surface area contributed by atoms with Crippen LogP contribution in [0.25, 0.3) is 0 Å². The van der Waals surface area contributed by atoms with Crippen molar-refractivity contribution in [3.8, 4) is 0 Å². The van der Waals surface area contributed by atoms with Crippen molar-refractivity contribution in [2.45, 2.75) is 25.3 Å². The van der Waals surface area contributed by atoms with Crippen molar-refractivity contribution in [1.82, 2.24) is 4.90 Å². The van der Waals surface area contributed by atoms with E-state index in [1.807, 2.05) is 0 Å². The van der Waals surface area contributed by atoms with Crippen molar-refractivity contribution in [2.75, 3.05) is 0 Å². The number of imide groups is 1. The highest BCUT2D eigenvalue weighted by molar-refractivity contribution is 6.23. The van der Waals surface area contributed by atoms with E-state index in [0.717, 1.165) is 4.90 Å². The van der Waals surface area contributed by atoms with Crippen LogP contribution in [0.5, 0.6) is 0 Å². The molecule has 0 bridgehead atoms. The number of carbonyl (C=O) groups is 2. The summed E-state index contributed by atoms with van der Waals surface area (Å²) in [5, 5.41) is 0. The predicted octanol–water partition coefficient (Wildman–Crippen LogP) is 0.720. The van der Waals surface area contributed by atoms with E-state index in [0.29, 0.717) is 12.8 Å². The molecule has 0 aromatic rings. The van der Waals surface area contributed by atoms with Gasteiger partial charge in [0, 0.05) is 12.8 Å². The molecular weight excluding hydrogens is 154 g/mol. The maximum atomic E-state index is 10.8. The molecule has 1 rings (SSSR count). The van der Waals surface area contributed by atoms with Gasteiger partial charge in [0.2, 0.25) is 11.8 Å². The second kappa shape index (κ2) is 2.58. The minimum Gasteiger partial charge on any atom is -0.274 e. The van der Waals surface area contributed by atoms with Gasteiger partial charge in [0.05, 0.1) is 0 Å². The molecule has 0 N–H and O–H groups in total. The van der Waals surface area contributed by atoms with Crippen LogP contribution in [0, 0.1) is 0 Å². The lowest BCUT2D eigenvalue weighted by Gasteiger charge is -2.15. The van der Waals surface area contributed by atoms with Gasteiger partial charge in [-0.05, 0) is 6.92 Å². The van der Waals surface area contributed by atoms with E-state index in [1.165, 1.54) is 0 Å². The highest BCUT2D eigenvalue weighted by atomic mass is 35.5. The Morgan fingerprint density at radius 1 is 1.40 bits per heavy atom. The van der Waals surface area contributed by atoms with Gasteiger partial charge in [-0.25, -0.2) is 0 Å². The third-order valence-corrected chi connectivity index (χ3v) is 1.64. The molecule has 3 nitrogen and oxygen atoms in total. The molecule has 0 saturated carbocycles. The van der Waals surface area contributed by atoms with Crippen LogP contribution in [0.4, 0.5) is 0 Å². The summed E-state index contributed by atoms with van der Waals surface area (Å²) >= 11 is 5.56. The Hall–Kier alpha value is -0.570. The summed E-state index contributed by atoms with van der Waals surface area (Å²) < 4.78 is 0. The Morgan fingerprint density at radius 2 is 1.80 bits per heavy atom. The lowest BCUT2D eigenvalue weighted by molar-refractivity contribution is -0.138. The number of hydrogen-bond donors (Lipinski definition) is 0. The predicted molar refractivity (Wildman–Crippen MR) is 36.4 cm³/mol. The Balaban J connectivity index is 2.72. The second-order valence-corrected chi connectivity index (χ2v) is 2.86. The molecule has 0 aromatic heterocycles. The summed E-state index contributed by atoms with van der Waals surface area (Å²) in [5.74, 6) is -0.319. The normalized spacial score (nSPS) is 22.0. The first-order valence-corrected chi connectivity index (χ1v) is 3.55. The molecule has 1 fully saturated rings. The Morgan fingerprint density at radius 3 is 2.00 bits per heavy atom. The maximum Gasteiger partial charge on any atom is 0.230 e. The molecule has 10 heavy (non-hydrogen) atoms. The minimum absolute atomic E-state index is 0.160. The molecule has 1 aliphatic rings. The van der Waals surface area contributed by atoms with Crippen molar-refractivity contribution in [2.24, 2.45) is 0 Å². The highest BCUT2D eigenvalue weighted by Gasteiger charge is 2.31. The minimum atomic E-state index is -0.498. The maximum absolute atomic E-state index is 10.8. The molecule has 4 heteroatoms. The third-order valence-electron chi connectivity index (χ3n) is 1.45. The van der Waals surface area contributed by atoms with Crippen LogP contribution in [-0.2, 0) is 9.59 Å². The summed E-state index contributed by atoms with van der Waals surface area (Å²) in [6.07, 6.45) is 0.631. The summed E-state index contributed by atoms with van der Waals surface area (Å²) in [6, 6.07) is 0. The molecule has 1 atom stereocenters. The smallest absolute Gasteiger partial charge is 0.230 e. The first kappa shape index (κ1) is 7.54. The van der Waals surface area contributed by atoms with Gasteiger partial charge >= 0.3 is 0 Å². The summed E-state index contributed by atoms with van der Waals surface area (Å²) in [4.78, 5) is 22.8. The van der Waals surface area contributed by atoms with Crippen molar-refractivity contribution < 1.29 is 9.59 Å². The second-order valence-electron chi connectivity index (χ2n) is 2.23.